The lowest BCUT2D eigenvalue weighted by molar-refractivity contribution is -0.122. The quantitative estimate of drug-likeness (QED) is 0.874. The molecule has 0 saturated carbocycles. The third kappa shape index (κ3) is 2.89. The molecule has 2 aromatic carbocycles. The summed E-state index contributed by atoms with van der Waals surface area (Å²) in [4.78, 5) is 13.5. The number of carbonyl (C=O) groups excluding carboxylic acids is 1. The Morgan fingerprint density at radius 3 is 2.77 bits per heavy atom. The number of nitrogens with zero attached hydrogens (tertiary/aromatic N) is 1. The van der Waals surface area contributed by atoms with E-state index in [0.717, 1.165) is 27.9 Å². The van der Waals surface area contributed by atoms with Crippen molar-refractivity contribution in [3.8, 4) is 11.1 Å². The van der Waals surface area contributed by atoms with Crippen LogP contribution >= 0.6 is 0 Å². The van der Waals surface area contributed by atoms with E-state index in [-0.39, 0.29) is 12.5 Å². The number of amides is 1. The van der Waals surface area contributed by atoms with Crippen molar-refractivity contribution in [1.29, 1.82) is 0 Å². The van der Waals surface area contributed by atoms with Crippen molar-refractivity contribution in [3.05, 3.63) is 53.6 Å². The molecular weight excluding hydrogens is 278 g/mol. The maximum atomic E-state index is 11.8. The largest absolute Gasteiger partial charge is 0.380 e. The first kappa shape index (κ1) is 14.8. The van der Waals surface area contributed by atoms with Gasteiger partial charge >= 0.3 is 0 Å². The van der Waals surface area contributed by atoms with Crippen LogP contribution in [0.4, 0.5) is 5.69 Å². The number of carbonyl (C=O) groups is 1. The van der Waals surface area contributed by atoms with E-state index in [1.807, 2.05) is 24.3 Å². The maximum Gasteiger partial charge on any atom is 0.252 e. The van der Waals surface area contributed by atoms with Crippen molar-refractivity contribution in [3.63, 3.8) is 0 Å². The summed E-state index contributed by atoms with van der Waals surface area (Å²) >= 11 is 0. The van der Waals surface area contributed by atoms with Gasteiger partial charge in [-0.25, -0.2) is 0 Å². The molecule has 1 amide bonds. The molecule has 1 aliphatic rings. The summed E-state index contributed by atoms with van der Waals surface area (Å²) in [6.07, 6.45) is 0. The molecular formula is C18H19NO3. The van der Waals surface area contributed by atoms with Gasteiger partial charge in [-0.2, -0.15) is 0 Å². The minimum Gasteiger partial charge on any atom is -0.380 e. The van der Waals surface area contributed by atoms with Crippen molar-refractivity contribution in [1.82, 2.24) is 0 Å². The molecule has 22 heavy (non-hydrogen) atoms. The summed E-state index contributed by atoms with van der Waals surface area (Å²) in [6, 6.07) is 14.4. The lowest BCUT2D eigenvalue weighted by Gasteiger charge is -2.17. The van der Waals surface area contributed by atoms with Crippen molar-refractivity contribution in [2.75, 3.05) is 25.7 Å². The number of likely N-dealkylation sites (N-methyl/N-ethyl adjacent to an activating group) is 1. The predicted octanol–water partition coefficient (Wildman–Crippen LogP) is 2.99. The van der Waals surface area contributed by atoms with Gasteiger partial charge in [0.05, 0.1) is 13.2 Å². The summed E-state index contributed by atoms with van der Waals surface area (Å²) < 4.78 is 10.6. The third-order valence-electron chi connectivity index (χ3n) is 3.87. The molecule has 1 aliphatic heterocycles. The van der Waals surface area contributed by atoms with Crippen LogP contribution in [0.1, 0.15) is 11.1 Å². The zero-order valence-corrected chi connectivity index (χ0v) is 12.8. The molecule has 3 rings (SSSR count). The Kier molecular flexibility index (Phi) is 4.22. The van der Waals surface area contributed by atoms with E-state index in [2.05, 4.69) is 18.2 Å². The molecule has 0 fully saturated rings. The second-order valence-electron chi connectivity index (χ2n) is 5.42. The highest BCUT2D eigenvalue weighted by molar-refractivity contribution is 5.95. The van der Waals surface area contributed by atoms with Gasteiger partial charge in [0.1, 0.15) is 6.61 Å². The van der Waals surface area contributed by atoms with E-state index in [1.54, 1.807) is 19.1 Å². The van der Waals surface area contributed by atoms with Gasteiger partial charge < -0.3 is 14.4 Å². The summed E-state index contributed by atoms with van der Waals surface area (Å²) in [5.74, 6) is -0.0198. The van der Waals surface area contributed by atoms with Crippen LogP contribution < -0.4 is 4.90 Å². The summed E-state index contributed by atoms with van der Waals surface area (Å²) in [6.45, 7) is 1.18. The van der Waals surface area contributed by atoms with Crippen molar-refractivity contribution in [2.45, 2.75) is 13.2 Å². The predicted molar refractivity (Wildman–Crippen MR) is 85.7 cm³/mol. The number of hydrogen-bond acceptors (Lipinski definition) is 3. The van der Waals surface area contributed by atoms with Crippen LogP contribution in [0, 0.1) is 0 Å². The summed E-state index contributed by atoms with van der Waals surface area (Å²) in [5, 5.41) is 0. The normalized spacial score (nSPS) is 14.6. The molecule has 0 bridgehead atoms. The Morgan fingerprint density at radius 1 is 1.14 bits per heavy atom. The van der Waals surface area contributed by atoms with Gasteiger partial charge in [-0.05, 0) is 34.9 Å². The Bertz CT molecular complexity index is 696. The molecule has 2 aromatic rings. The second-order valence-corrected chi connectivity index (χ2v) is 5.42. The van der Waals surface area contributed by atoms with Crippen LogP contribution in [-0.2, 0) is 27.5 Å². The number of rotatable bonds is 3. The first-order valence-corrected chi connectivity index (χ1v) is 7.24. The van der Waals surface area contributed by atoms with E-state index in [9.17, 15) is 4.79 Å². The fraction of sp³-hybridized carbons (Fsp3) is 0.278. The van der Waals surface area contributed by atoms with Crippen LogP contribution in [0.15, 0.2) is 42.5 Å². The zero-order chi connectivity index (χ0) is 15.5. The lowest BCUT2D eigenvalue weighted by Crippen LogP contribution is -2.28. The van der Waals surface area contributed by atoms with Gasteiger partial charge in [-0.3, -0.25) is 4.79 Å². The lowest BCUT2D eigenvalue weighted by atomic mass is 10.00. The van der Waals surface area contributed by atoms with Gasteiger partial charge in [0.25, 0.3) is 5.91 Å². The Labute approximate surface area is 130 Å². The van der Waals surface area contributed by atoms with Gasteiger partial charge in [-0.15, -0.1) is 0 Å². The van der Waals surface area contributed by atoms with Crippen molar-refractivity contribution < 1.29 is 14.3 Å². The molecule has 0 aliphatic carbocycles. The van der Waals surface area contributed by atoms with Gasteiger partial charge in [0.15, 0.2) is 0 Å². The van der Waals surface area contributed by atoms with E-state index in [0.29, 0.717) is 13.2 Å². The molecule has 0 spiro atoms. The molecule has 0 aromatic heterocycles. The van der Waals surface area contributed by atoms with Crippen molar-refractivity contribution >= 4 is 11.6 Å². The van der Waals surface area contributed by atoms with Crippen LogP contribution in [0.25, 0.3) is 11.1 Å². The van der Waals surface area contributed by atoms with Crippen molar-refractivity contribution in [2.24, 2.45) is 0 Å². The molecule has 0 saturated heterocycles. The first-order valence-electron chi connectivity index (χ1n) is 7.24. The minimum atomic E-state index is -0.0198. The number of benzene rings is 2. The van der Waals surface area contributed by atoms with Crippen LogP contribution in [-0.4, -0.2) is 26.7 Å². The van der Waals surface area contributed by atoms with Crippen LogP contribution in [0.2, 0.25) is 0 Å². The highest BCUT2D eigenvalue weighted by Crippen LogP contribution is 2.29. The molecule has 4 nitrogen and oxygen atoms in total. The summed E-state index contributed by atoms with van der Waals surface area (Å²) in [5.41, 5.74) is 5.33. The zero-order valence-electron chi connectivity index (χ0n) is 12.8. The second kappa shape index (κ2) is 6.30. The van der Waals surface area contributed by atoms with Gasteiger partial charge in [0.2, 0.25) is 0 Å². The third-order valence-corrected chi connectivity index (χ3v) is 3.87. The Balaban J connectivity index is 1.98. The van der Waals surface area contributed by atoms with E-state index in [1.165, 1.54) is 0 Å². The van der Waals surface area contributed by atoms with E-state index < -0.39 is 0 Å². The van der Waals surface area contributed by atoms with E-state index in [4.69, 9.17) is 9.47 Å². The SMILES string of the molecule is COCc1cccc(-c2ccc3c(c2)COCC(=O)N3C)c1. The Morgan fingerprint density at radius 2 is 1.95 bits per heavy atom. The van der Waals surface area contributed by atoms with Gasteiger partial charge in [-0.1, -0.05) is 24.3 Å². The standard InChI is InChI=1S/C18H19NO3/c1-19-17-7-6-15(9-16(17)11-22-12-18(19)20)14-5-3-4-13(8-14)10-21-2/h3-9H,10-12H2,1-2H3. The van der Waals surface area contributed by atoms with Crippen LogP contribution in [0.3, 0.4) is 0 Å². The number of ether oxygens (including phenoxy) is 2. The molecule has 4 heteroatoms. The fourth-order valence-corrected chi connectivity index (χ4v) is 2.69. The number of methoxy groups -OCH3 is 1. The van der Waals surface area contributed by atoms with E-state index >= 15 is 0 Å². The monoisotopic (exact) mass is 297 g/mol. The molecule has 1 heterocycles. The summed E-state index contributed by atoms with van der Waals surface area (Å²) in [7, 11) is 3.48. The first-order chi connectivity index (χ1) is 10.7. The maximum absolute atomic E-state index is 11.8. The number of anilines is 1. The fourth-order valence-electron chi connectivity index (χ4n) is 2.69. The Hall–Kier alpha value is -2.17. The number of hydrogen-bond donors (Lipinski definition) is 0. The molecule has 0 radical (unpaired) electrons. The average Bonchev–Trinajstić information content (AvgIpc) is 2.67. The number of fused-ring (bicyclic) bond motifs is 1. The van der Waals surface area contributed by atoms with Crippen LogP contribution in [0.5, 0.6) is 0 Å². The molecule has 0 unspecified atom stereocenters. The topological polar surface area (TPSA) is 38.8 Å². The average molecular weight is 297 g/mol. The molecule has 0 N–H and O–H groups in total. The highest BCUT2D eigenvalue weighted by atomic mass is 16.5. The molecule has 114 valence electrons. The minimum absolute atomic E-state index is 0.0198. The highest BCUT2D eigenvalue weighted by Gasteiger charge is 2.19. The smallest absolute Gasteiger partial charge is 0.252 e. The molecule has 0 atom stereocenters. The van der Waals surface area contributed by atoms with Gasteiger partial charge in [0, 0.05) is 25.4 Å².